The van der Waals surface area contributed by atoms with Crippen molar-refractivity contribution in [3.8, 4) is 0 Å². The highest BCUT2D eigenvalue weighted by Crippen LogP contribution is 2.33. The molecule has 62 valence electrons. The molecular weight excluding hydrogens is 154 g/mol. The van der Waals surface area contributed by atoms with Crippen LogP contribution in [0.1, 0.15) is 38.5 Å². The van der Waals surface area contributed by atoms with E-state index < -0.39 is 0 Å². The third kappa shape index (κ3) is 1.47. The summed E-state index contributed by atoms with van der Waals surface area (Å²) in [7, 11) is 0. The number of hydrogen-bond donors (Lipinski definition) is 1. The first-order valence-electron chi connectivity index (χ1n) is 4.58. The van der Waals surface area contributed by atoms with E-state index in [0.29, 0.717) is 5.54 Å². The number of rotatable bonds is 0. The van der Waals surface area contributed by atoms with E-state index in [1.54, 1.807) is 0 Å². The van der Waals surface area contributed by atoms with Crippen LogP contribution >= 0.6 is 12.2 Å². The third-order valence-corrected chi connectivity index (χ3v) is 3.30. The first kappa shape index (κ1) is 7.69. The van der Waals surface area contributed by atoms with Crippen LogP contribution in [0.4, 0.5) is 0 Å². The molecule has 0 atom stereocenters. The quantitative estimate of drug-likeness (QED) is 0.557. The largest absolute Gasteiger partial charge is 0.306 e. The van der Waals surface area contributed by atoms with Crippen LogP contribution in [0.5, 0.6) is 0 Å². The maximum Gasteiger partial charge on any atom is 0.0275 e. The Hall–Kier alpha value is 0.0500. The molecule has 1 aliphatic carbocycles. The maximum atomic E-state index is 5.21. The van der Waals surface area contributed by atoms with Crippen LogP contribution in [0.3, 0.4) is 0 Å². The van der Waals surface area contributed by atoms with E-state index in [-0.39, 0.29) is 0 Å². The van der Waals surface area contributed by atoms with Gasteiger partial charge in [0.05, 0.1) is 0 Å². The molecular formula is C9H15NS. The summed E-state index contributed by atoms with van der Waals surface area (Å²) in [6, 6.07) is 0. The average molecular weight is 169 g/mol. The Morgan fingerprint density at radius 2 is 1.91 bits per heavy atom. The van der Waals surface area contributed by atoms with Crippen molar-refractivity contribution in [1.29, 1.82) is 0 Å². The molecule has 0 radical (unpaired) electrons. The Bertz CT molecular complexity index is 170. The highest BCUT2D eigenvalue weighted by atomic mass is 32.1. The molecule has 1 aliphatic heterocycles. The van der Waals surface area contributed by atoms with Gasteiger partial charge in [0.15, 0.2) is 0 Å². The third-order valence-electron chi connectivity index (χ3n) is 3.01. The Morgan fingerprint density at radius 1 is 1.18 bits per heavy atom. The van der Waals surface area contributed by atoms with Gasteiger partial charge in [0, 0.05) is 16.9 Å². The summed E-state index contributed by atoms with van der Waals surface area (Å²) in [6.07, 6.45) is 8.10. The van der Waals surface area contributed by atoms with Gasteiger partial charge in [-0.3, -0.25) is 0 Å². The van der Waals surface area contributed by atoms with Crippen molar-refractivity contribution in [3.05, 3.63) is 0 Å². The molecule has 0 aromatic heterocycles. The molecule has 0 aromatic carbocycles. The van der Waals surface area contributed by atoms with Gasteiger partial charge in [0.25, 0.3) is 0 Å². The Kier molecular flexibility index (Phi) is 1.98. The summed E-state index contributed by atoms with van der Waals surface area (Å²) in [5, 5.41) is 3.58. The van der Waals surface area contributed by atoms with E-state index in [1.165, 1.54) is 43.4 Å². The first-order valence-corrected chi connectivity index (χ1v) is 4.98. The van der Waals surface area contributed by atoms with Gasteiger partial charge in [0.1, 0.15) is 0 Å². The van der Waals surface area contributed by atoms with Crippen LogP contribution in [-0.4, -0.2) is 16.9 Å². The lowest BCUT2D eigenvalue weighted by molar-refractivity contribution is 0.269. The Morgan fingerprint density at radius 3 is 2.45 bits per heavy atom. The number of thiocarbonyl (C=S) groups is 1. The molecule has 0 unspecified atom stereocenters. The first-order chi connectivity index (χ1) is 5.31. The number of hydrogen-bond acceptors (Lipinski definition) is 2. The zero-order valence-corrected chi connectivity index (χ0v) is 7.67. The predicted octanol–water partition coefficient (Wildman–Crippen LogP) is 2.05. The highest BCUT2D eigenvalue weighted by molar-refractivity contribution is 7.80. The van der Waals surface area contributed by atoms with E-state index in [9.17, 15) is 0 Å². The van der Waals surface area contributed by atoms with Crippen LogP contribution in [-0.2, 0) is 0 Å². The lowest BCUT2D eigenvalue weighted by Crippen LogP contribution is -2.41. The molecule has 1 saturated carbocycles. The van der Waals surface area contributed by atoms with Crippen molar-refractivity contribution in [2.24, 2.45) is 0 Å². The van der Waals surface area contributed by atoms with Crippen LogP contribution in [0.15, 0.2) is 0 Å². The molecule has 2 heteroatoms. The van der Waals surface area contributed by atoms with Crippen molar-refractivity contribution >= 4 is 17.1 Å². The van der Waals surface area contributed by atoms with E-state index in [0.717, 1.165) is 6.54 Å². The predicted molar refractivity (Wildman–Crippen MR) is 51.0 cm³/mol. The summed E-state index contributed by atoms with van der Waals surface area (Å²) >= 11 is 5.21. The molecule has 1 saturated heterocycles. The van der Waals surface area contributed by atoms with E-state index in [1.807, 2.05) is 0 Å². The second-order valence-corrected chi connectivity index (χ2v) is 4.49. The lowest BCUT2D eigenvalue weighted by Gasteiger charge is -2.33. The Balaban J connectivity index is 2.03. The van der Waals surface area contributed by atoms with Crippen molar-refractivity contribution in [2.75, 3.05) is 6.54 Å². The smallest absolute Gasteiger partial charge is 0.0275 e. The minimum Gasteiger partial charge on any atom is -0.306 e. The summed E-state index contributed by atoms with van der Waals surface area (Å²) in [5.74, 6) is 0. The van der Waals surface area contributed by atoms with Gasteiger partial charge in [0.2, 0.25) is 0 Å². The molecule has 2 fully saturated rings. The zero-order chi connectivity index (χ0) is 7.73. The zero-order valence-electron chi connectivity index (χ0n) is 6.86. The minimum atomic E-state index is 0.454. The SMILES string of the molecule is S=C1CNC2(CCCCC2)C1. The monoisotopic (exact) mass is 169 g/mol. The van der Waals surface area contributed by atoms with Crippen LogP contribution in [0.25, 0.3) is 0 Å². The fourth-order valence-corrected chi connectivity index (χ4v) is 2.72. The average Bonchev–Trinajstić information content (AvgIpc) is 2.34. The second-order valence-electron chi connectivity index (χ2n) is 3.91. The molecule has 1 spiro atoms. The molecule has 1 N–H and O–H groups in total. The molecule has 0 amide bonds. The maximum absolute atomic E-state index is 5.21. The summed E-state index contributed by atoms with van der Waals surface area (Å²) < 4.78 is 0. The van der Waals surface area contributed by atoms with E-state index in [2.05, 4.69) is 5.32 Å². The van der Waals surface area contributed by atoms with Gasteiger partial charge in [-0.05, 0) is 19.3 Å². The second kappa shape index (κ2) is 2.83. The number of nitrogens with one attached hydrogen (secondary N) is 1. The van der Waals surface area contributed by atoms with Gasteiger partial charge in [-0.25, -0.2) is 0 Å². The highest BCUT2D eigenvalue weighted by Gasteiger charge is 2.36. The summed E-state index contributed by atoms with van der Waals surface area (Å²) in [6.45, 7) is 0.995. The van der Waals surface area contributed by atoms with Gasteiger partial charge < -0.3 is 5.32 Å². The topological polar surface area (TPSA) is 12.0 Å². The molecule has 2 aliphatic rings. The molecule has 0 bridgehead atoms. The van der Waals surface area contributed by atoms with Gasteiger partial charge in [-0.2, -0.15) is 0 Å². The van der Waals surface area contributed by atoms with Gasteiger partial charge in [-0.1, -0.05) is 31.5 Å². The van der Waals surface area contributed by atoms with Crippen LogP contribution < -0.4 is 5.32 Å². The normalized spacial score (nSPS) is 29.6. The summed E-state index contributed by atoms with van der Waals surface area (Å²) in [5.41, 5.74) is 0.454. The molecule has 1 nitrogen and oxygen atoms in total. The fourth-order valence-electron chi connectivity index (χ4n) is 2.37. The molecule has 2 rings (SSSR count). The molecule has 1 heterocycles. The lowest BCUT2D eigenvalue weighted by atomic mass is 9.81. The van der Waals surface area contributed by atoms with Crippen LogP contribution in [0, 0.1) is 0 Å². The van der Waals surface area contributed by atoms with Crippen molar-refractivity contribution in [3.63, 3.8) is 0 Å². The van der Waals surface area contributed by atoms with E-state index in [4.69, 9.17) is 12.2 Å². The fraction of sp³-hybridized carbons (Fsp3) is 0.889. The van der Waals surface area contributed by atoms with E-state index >= 15 is 0 Å². The molecule has 11 heavy (non-hydrogen) atoms. The summed E-state index contributed by atoms with van der Waals surface area (Å²) in [4.78, 5) is 1.24. The minimum absolute atomic E-state index is 0.454. The van der Waals surface area contributed by atoms with Crippen LogP contribution in [0.2, 0.25) is 0 Å². The Labute approximate surface area is 73.6 Å². The van der Waals surface area contributed by atoms with Crippen molar-refractivity contribution in [1.82, 2.24) is 5.32 Å². The van der Waals surface area contributed by atoms with Gasteiger partial charge >= 0.3 is 0 Å². The van der Waals surface area contributed by atoms with Gasteiger partial charge in [-0.15, -0.1) is 0 Å². The molecule has 0 aromatic rings. The van der Waals surface area contributed by atoms with Crippen molar-refractivity contribution in [2.45, 2.75) is 44.1 Å². The van der Waals surface area contributed by atoms with Crippen molar-refractivity contribution < 1.29 is 0 Å². The standard InChI is InChI=1S/C9H15NS/c11-8-6-9(10-7-8)4-2-1-3-5-9/h10H,1-7H2.